The summed E-state index contributed by atoms with van der Waals surface area (Å²) in [7, 11) is -4.24. The van der Waals surface area contributed by atoms with E-state index in [9.17, 15) is 18.0 Å². The number of carbonyl (C=O) groups is 2. The van der Waals surface area contributed by atoms with Crippen molar-refractivity contribution in [3.05, 3.63) is 129 Å². The molecular weight excluding hydrogens is 653 g/mol. The fourth-order valence-corrected chi connectivity index (χ4v) is 6.84. The average Bonchev–Trinajstić information content (AvgIpc) is 3.04. The van der Waals surface area contributed by atoms with Crippen molar-refractivity contribution in [2.24, 2.45) is 0 Å². The Bertz CT molecular complexity index is 1740. The van der Waals surface area contributed by atoms with Crippen LogP contribution in [0.2, 0.25) is 15.1 Å². The van der Waals surface area contributed by atoms with Gasteiger partial charge in [-0.15, -0.1) is 0 Å². The zero-order valence-corrected chi connectivity index (χ0v) is 28.0. The molecule has 1 unspecified atom stereocenters. The molecule has 0 heterocycles. The van der Waals surface area contributed by atoms with Gasteiger partial charge in [0.25, 0.3) is 10.0 Å². The molecule has 45 heavy (non-hydrogen) atoms. The number of nitrogens with zero attached hydrogens (tertiary/aromatic N) is 2. The van der Waals surface area contributed by atoms with Crippen molar-refractivity contribution in [2.45, 2.75) is 44.2 Å². The topological polar surface area (TPSA) is 86.8 Å². The summed E-state index contributed by atoms with van der Waals surface area (Å²) in [5, 5.41) is 3.91. The molecule has 0 aliphatic carbocycles. The predicted molar refractivity (Wildman–Crippen MR) is 181 cm³/mol. The monoisotopic (exact) mass is 685 g/mol. The van der Waals surface area contributed by atoms with Crippen LogP contribution in [0.4, 0.5) is 5.69 Å². The van der Waals surface area contributed by atoms with Crippen molar-refractivity contribution in [2.75, 3.05) is 17.4 Å². The van der Waals surface area contributed by atoms with E-state index in [-0.39, 0.29) is 29.5 Å². The number of sulfonamides is 1. The van der Waals surface area contributed by atoms with Crippen LogP contribution in [0.5, 0.6) is 0 Å². The molecule has 0 aliphatic heterocycles. The van der Waals surface area contributed by atoms with Gasteiger partial charge in [-0.2, -0.15) is 0 Å². The molecule has 0 spiro atoms. The van der Waals surface area contributed by atoms with Gasteiger partial charge in [0.2, 0.25) is 11.8 Å². The quantitative estimate of drug-likeness (QED) is 0.160. The number of hydrogen-bond donors (Lipinski definition) is 1. The Balaban J connectivity index is 1.83. The first-order valence-corrected chi connectivity index (χ1v) is 17.0. The third-order valence-electron chi connectivity index (χ3n) is 7.28. The Morgan fingerprint density at radius 3 is 2.11 bits per heavy atom. The zero-order valence-electron chi connectivity index (χ0n) is 24.9. The Labute approximate surface area is 279 Å². The molecule has 7 nitrogen and oxygen atoms in total. The Morgan fingerprint density at radius 1 is 0.800 bits per heavy atom. The fourth-order valence-electron chi connectivity index (χ4n) is 4.85. The van der Waals surface area contributed by atoms with Gasteiger partial charge in [0, 0.05) is 24.5 Å². The molecule has 0 fully saturated rings. The number of carbonyl (C=O) groups excluding carboxylic acids is 2. The minimum atomic E-state index is -4.24. The van der Waals surface area contributed by atoms with Crippen molar-refractivity contribution in [3.8, 4) is 0 Å². The summed E-state index contributed by atoms with van der Waals surface area (Å²) in [4.78, 5) is 29.7. The minimum Gasteiger partial charge on any atom is -0.354 e. The first-order valence-electron chi connectivity index (χ1n) is 14.4. The van der Waals surface area contributed by atoms with Crippen LogP contribution in [-0.2, 0) is 32.6 Å². The Hall–Kier alpha value is -3.56. The second kappa shape index (κ2) is 15.6. The normalized spacial score (nSPS) is 11.9. The highest BCUT2D eigenvalue weighted by Gasteiger charge is 2.35. The highest BCUT2D eigenvalue weighted by Crippen LogP contribution is 2.31. The largest absolute Gasteiger partial charge is 0.354 e. The Morgan fingerprint density at radius 2 is 1.47 bits per heavy atom. The van der Waals surface area contributed by atoms with E-state index in [4.69, 9.17) is 34.8 Å². The Kier molecular flexibility index (Phi) is 11.9. The predicted octanol–water partition coefficient (Wildman–Crippen LogP) is 7.32. The smallest absolute Gasteiger partial charge is 0.264 e. The minimum absolute atomic E-state index is 0.00901. The lowest BCUT2D eigenvalue weighted by Crippen LogP contribution is -2.53. The van der Waals surface area contributed by atoms with E-state index >= 15 is 0 Å². The van der Waals surface area contributed by atoms with Gasteiger partial charge in [-0.1, -0.05) is 102 Å². The van der Waals surface area contributed by atoms with Gasteiger partial charge < -0.3 is 10.2 Å². The molecule has 1 N–H and O–H groups in total. The van der Waals surface area contributed by atoms with Crippen LogP contribution >= 0.6 is 34.8 Å². The van der Waals surface area contributed by atoms with Gasteiger partial charge in [0.05, 0.1) is 20.6 Å². The molecule has 1 atom stereocenters. The van der Waals surface area contributed by atoms with Crippen LogP contribution in [0.25, 0.3) is 0 Å². The molecule has 0 saturated carbocycles. The van der Waals surface area contributed by atoms with E-state index in [1.807, 2.05) is 37.3 Å². The molecule has 11 heteroatoms. The van der Waals surface area contributed by atoms with Gasteiger partial charge in [0.1, 0.15) is 12.6 Å². The van der Waals surface area contributed by atoms with Crippen molar-refractivity contribution in [3.63, 3.8) is 0 Å². The van der Waals surface area contributed by atoms with Crippen LogP contribution in [-0.4, -0.2) is 44.3 Å². The zero-order chi connectivity index (χ0) is 32.6. The molecule has 2 amide bonds. The second-order valence-electron chi connectivity index (χ2n) is 10.5. The number of hydrogen-bond acceptors (Lipinski definition) is 4. The molecular formula is C34H34Cl3N3O4S. The van der Waals surface area contributed by atoms with Crippen LogP contribution in [0.3, 0.4) is 0 Å². The van der Waals surface area contributed by atoms with Gasteiger partial charge in [0.15, 0.2) is 0 Å². The third-order valence-corrected chi connectivity index (χ3v) is 10.2. The molecule has 0 bridgehead atoms. The van der Waals surface area contributed by atoms with Crippen molar-refractivity contribution in [1.82, 2.24) is 10.2 Å². The maximum atomic E-state index is 14.5. The third kappa shape index (κ3) is 8.58. The van der Waals surface area contributed by atoms with Crippen LogP contribution in [0.15, 0.2) is 102 Å². The van der Waals surface area contributed by atoms with E-state index in [1.165, 1.54) is 17.0 Å². The summed E-state index contributed by atoms with van der Waals surface area (Å²) in [5.74, 6) is -0.946. The van der Waals surface area contributed by atoms with E-state index in [1.54, 1.807) is 61.5 Å². The number of amides is 2. The molecule has 4 rings (SSSR count). The number of benzene rings is 4. The number of rotatable bonds is 13. The maximum Gasteiger partial charge on any atom is 0.264 e. The molecule has 0 aliphatic rings. The standard InChI is InChI=1S/C34H34Cl3N3O4S/c1-3-19-38-34(42)32(21-25-11-6-4-7-12-25)39(22-26-17-18-29(36)30(37)20-26)33(41)23-40(31-16-10-15-28(35)24(31)2)45(43,44)27-13-8-5-9-14-27/h4-18,20,32H,3,19,21-23H2,1-2H3,(H,38,42). The lowest BCUT2D eigenvalue weighted by Gasteiger charge is -2.34. The second-order valence-corrected chi connectivity index (χ2v) is 13.6. The van der Waals surface area contributed by atoms with E-state index in [2.05, 4.69) is 5.32 Å². The molecule has 4 aromatic rings. The van der Waals surface area contributed by atoms with Crippen molar-refractivity contribution in [1.29, 1.82) is 0 Å². The highest BCUT2D eigenvalue weighted by atomic mass is 35.5. The molecule has 0 radical (unpaired) electrons. The SMILES string of the molecule is CCCNC(=O)C(Cc1ccccc1)N(Cc1ccc(Cl)c(Cl)c1)C(=O)CN(c1cccc(Cl)c1C)S(=O)(=O)c1ccccc1. The van der Waals surface area contributed by atoms with Crippen molar-refractivity contribution < 1.29 is 18.0 Å². The molecule has 0 saturated heterocycles. The summed E-state index contributed by atoms with van der Waals surface area (Å²) < 4.78 is 29.3. The van der Waals surface area contributed by atoms with Crippen LogP contribution in [0, 0.1) is 6.92 Å². The van der Waals surface area contributed by atoms with E-state index in [0.29, 0.717) is 39.2 Å². The van der Waals surface area contributed by atoms with Gasteiger partial charge >= 0.3 is 0 Å². The molecule has 4 aromatic carbocycles. The number of anilines is 1. The first kappa shape index (κ1) is 34.3. The lowest BCUT2D eigenvalue weighted by molar-refractivity contribution is -0.140. The van der Waals surface area contributed by atoms with Crippen molar-refractivity contribution >= 4 is 62.3 Å². The van der Waals surface area contributed by atoms with Gasteiger partial charge in [-0.05, 0) is 66.4 Å². The summed E-state index contributed by atoms with van der Waals surface area (Å²) in [6, 6.07) is 26.1. The lowest BCUT2D eigenvalue weighted by atomic mass is 10.0. The highest BCUT2D eigenvalue weighted by molar-refractivity contribution is 7.92. The number of nitrogens with one attached hydrogen (secondary N) is 1. The number of halogens is 3. The van der Waals surface area contributed by atoms with Crippen LogP contribution in [0.1, 0.15) is 30.0 Å². The van der Waals surface area contributed by atoms with E-state index < -0.39 is 28.5 Å². The first-order chi connectivity index (χ1) is 21.5. The summed E-state index contributed by atoms with van der Waals surface area (Å²) in [6.07, 6.45) is 0.896. The summed E-state index contributed by atoms with van der Waals surface area (Å²) in [6.45, 7) is 3.42. The van der Waals surface area contributed by atoms with Crippen LogP contribution < -0.4 is 9.62 Å². The summed E-state index contributed by atoms with van der Waals surface area (Å²) >= 11 is 18.9. The summed E-state index contributed by atoms with van der Waals surface area (Å²) in [5.41, 5.74) is 2.20. The van der Waals surface area contributed by atoms with Gasteiger partial charge in [-0.3, -0.25) is 13.9 Å². The fraction of sp³-hybridized carbons (Fsp3) is 0.235. The average molecular weight is 687 g/mol. The van der Waals surface area contributed by atoms with Gasteiger partial charge in [-0.25, -0.2) is 8.42 Å². The molecule has 0 aromatic heterocycles. The maximum absolute atomic E-state index is 14.5. The molecule has 236 valence electrons. The van der Waals surface area contributed by atoms with E-state index in [0.717, 1.165) is 9.87 Å².